The van der Waals surface area contributed by atoms with Crippen molar-refractivity contribution in [3.8, 4) is 11.5 Å². The average Bonchev–Trinajstić information content (AvgIpc) is 2.83. The van der Waals surface area contributed by atoms with Gasteiger partial charge >= 0.3 is 0 Å². The van der Waals surface area contributed by atoms with Crippen LogP contribution in [0.25, 0.3) is 0 Å². The molecular weight excluding hydrogens is 476 g/mol. The van der Waals surface area contributed by atoms with Crippen molar-refractivity contribution in [2.24, 2.45) is 0 Å². The molecule has 0 saturated heterocycles. The highest BCUT2D eigenvalue weighted by molar-refractivity contribution is 7.93. The number of nitrogens with one attached hydrogen (secondary N) is 1. The molecule has 1 aliphatic rings. The number of hydrogen-bond donors (Lipinski definition) is 1. The molecule has 0 fully saturated rings. The van der Waals surface area contributed by atoms with Gasteiger partial charge in [-0.25, -0.2) is 16.8 Å². The lowest BCUT2D eigenvalue weighted by atomic mass is 10.0. The van der Waals surface area contributed by atoms with Crippen LogP contribution in [-0.4, -0.2) is 37.6 Å². The number of sulfonamides is 2. The highest BCUT2D eigenvalue weighted by Gasteiger charge is 2.29. The lowest BCUT2D eigenvalue weighted by Gasteiger charge is -2.31. The van der Waals surface area contributed by atoms with E-state index >= 15 is 0 Å². The van der Waals surface area contributed by atoms with Crippen molar-refractivity contribution in [2.45, 2.75) is 29.6 Å². The molecule has 0 aromatic heterocycles. The molecule has 0 aliphatic carbocycles. The second kappa shape index (κ2) is 9.19. The number of ether oxygens (including phenoxy) is 2. The van der Waals surface area contributed by atoms with Gasteiger partial charge in [0, 0.05) is 12.2 Å². The van der Waals surface area contributed by atoms with E-state index in [-0.39, 0.29) is 9.79 Å². The Kier molecular flexibility index (Phi) is 6.46. The second-order valence-corrected chi connectivity index (χ2v) is 11.4. The predicted octanol–water partition coefficient (Wildman–Crippen LogP) is 3.95. The molecule has 0 unspecified atom stereocenters. The van der Waals surface area contributed by atoms with Crippen molar-refractivity contribution in [3.63, 3.8) is 0 Å². The minimum Gasteiger partial charge on any atom is -0.497 e. The normalized spacial score (nSPS) is 13.8. The van der Waals surface area contributed by atoms with Gasteiger partial charge in [0.05, 0.1) is 29.7 Å². The average molecular weight is 503 g/mol. The molecule has 1 heterocycles. The molecule has 3 aromatic carbocycles. The van der Waals surface area contributed by atoms with Crippen LogP contribution in [0.1, 0.15) is 17.5 Å². The van der Waals surface area contributed by atoms with Gasteiger partial charge in [0.2, 0.25) is 0 Å². The maximum atomic E-state index is 13.3. The number of methoxy groups -OCH3 is 2. The first-order chi connectivity index (χ1) is 16.2. The summed E-state index contributed by atoms with van der Waals surface area (Å²) in [7, 11) is -4.57. The topological polar surface area (TPSA) is 102 Å². The molecule has 1 aliphatic heterocycles. The predicted molar refractivity (Wildman–Crippen MR) is 131 cm³/mol. The quantitative estimate of drug-likeness (QED) is 0.525. The molecule has 180 valence electrons. The molecule has 0 spiro atoms. The summed E-state index contributed by atoms with van der Waals surface area (Å²) in [6.07, 6.45) is 1.26. The van der Waals surface area contributed by atoms with E-state index in [0.717, 1.165) is 5.56 Å². The maximum absolute atomic E-state index is 13.3. The Balaban J connectivity index is 1.63. The van der Waals surface area contributed by atoms with Crippen molar-refractivity contribution >= 4 is 31.4 Å². The van der Waals surface area contributed by atoms with Crippen molar-refractivity contribution in [2.75, 3.05) is 29.8 Å². The highest BCUT2D eigenvalue weighted by atomic mass is 32.2. The van der Waals surface area contributed by atoms with E-state index in [0.29, 0.717) is 47.8 Å². The maximum Gasteiger partial charge on any atom is 0.264 e. The first-order valence-electron chi connectivity index (χ1n) is 10.6. The van der Waals surface area contributed by atoms with Gasteiger partial charge in [-0.3, -0.25) is 9.03 Å². The lowest BCUT2D eigenvalue weighted by Crippen LogP contribution is -2.35. The second-order valence-electron chi connectivity index (χ2n) is 7.94. The van der Waals surface area contributed by atoms with Gasteiger partial charge in [-0.05, 0) is 91.6 Å². The van der Waals surface area contributed by atoms with E-state index in [2.05, 4.69) is 4.72 Å². The largest absolute Gasteiger partial charge is 0.497 e. The number of fused-ring (bicyclic) bond motifs is 1. The monoisotopic (exact) mass is 502 g/mol. The van der Waals surface area contributed by atoms with Gasteiger partial charge in [0.25, 0.3) is 20.0 Å². The summed E-state index contributed by atoms with van der Waals surface area (Å²) in [4.78, 5) is 0.315. The van der Waals surface area contributed by atoms with Crippen molar-refractivity contribution < 1.29 is 26.3 Å². The number of nitrogens with zero attached hydrogens (tertiary/aromatic N) is 1. The van der Waals surface area contributed by atoms with Crippen LogP contribution in [0.15, 0.2) is 70.5 Å². The SMILES string of the molecule is COc1ccc(S(=O)(=O)N2CCCc3cc(NS(=O)(=O)c4ccc(OC)cc4C)ccc32)cc1. The minimum atomic E-state index is -3.84. The van der Waals surface area contributed by atoms with Gasteiger partial charge in [0.15, 0.2) is 0 Å². The Labute approximate surface area is 200 Å². The van der Waals surface area contributed by atoms with Crippen LogP contribution in [0.5, 0.6) is 11.5 Å². The highest BCUT2D eigenvalue weighted by Crippen LogP contribution is 2.35. The molecule has 34 heavy (non-hydrogen) atoms. The number of hydrogen-bond acceptors (Lipinski definition) is 6. The molecule has 3 aromatic rings. The van der Waals surface area contributed by atoms with Crippen LogP contribution in [0, 0.1) is 6.92 Å². The Morgan fingerprint density at radius 3 is 2.18 bits per heavy atom. The Bertz CT molecular complexity index is 1420. The van der Waals surface area contributed by atoms with Crippen molar-refractivity contribution in [3.05, 3.63) is 71.8 Å². The molecule has 0 amide bonds. The van der Waals surface area contributed by atoms with E-state index in [1.165, 1.54) is 36.7 Å². The van der Waals surface area contributed by atoms with Crippen molar-refractivity contribution in [1.82, 2.24) is 0 Å². The first kappa shape index (κ1) is 23.9. The van der Waals surface area contributed by atoms with Crippen LogP contribution in [0.3, 0.4) is 0 Å². The van der Waals surface area contributed by atoms with E-state index in [9.17, 15) is 16.8 Å². The smallest absolute Gasteiger partial charge is 0.264 e. The molecule has 0 radical (unpaired) electrons. The molecule has 0 atom stereocenters. The molecule has 10 heteroatoms. The van der Waals surface area contributed by atoms with E-state index in [1.54, 1.807) is 49.4 Å². The summed E-state index contributed by atoms with van der Waals surface area (Å²) < 4.78 is 66.8. The fourth-order valence-electron chi connectivity index (χ4n) is 4.01. The van der Waals surface area contributed by atoms with Gasteiger partial charge < -0.3 is 9.47 Å². The van der Waals surface area contributed by atoms with Crippen LogP contribution in [0.2, 0.25) is 0 Å². The molecule has 1 N–H and O–H groups in total. The molecular formula is C24H26N2O6S2. The summed E-state index contributed by atoms with van der Waals surface area (Å²) in [6.45, 7) is 2.04. The molecule has 8 nitrogen and oxygen atoms in total. The third kappa shape index (κ3) is 4.55. The van der Waals surface area contributed by atoms with Crippen molar-refractivity contribution in [1.29, 1.82) is 0 Å². The summed E-state index contributed by atoms with van der Waals surface area (Å²) in [5.74, 6) is 1.14. The lowest BCUT2D eigenvalue weighted by molar-refractivity contribution is 0.414. The number of benzene rings is 3. The molecule has 4 rings (SSSR count). The summed E-state index contributed by atoms with van der Waals surface area (Å²) in [5.41, 5.74) is 2.24. The van der Waals surface area contributed by atoms with Crippen LogP contribution in [0.4, 0.5) is 11.4 Å². The zero-order valence-corrected chi connectivity index (χ0v) is 20.7. The van der Waals surface area contributed by atoms with Crippen LogP contribution in [-0.2, 0) is 26.5 Å². The molecule has 0 bridgehead atoms. The van der Waals surface area contributed by atoms with E-state index < -0.39 is 20.0 Å². The molecule has 0 saturated carbocycles. The third-order valence-electron chi connectivity index (χ3n) is 5.73. The van der Waals surface area contributed by atoms with Crippen LogP contribution >= 0.6 is 0 Å². The fourth-order valence-corrected chi connectivity index (χ4v) is 6.83. The third-order valence-corrected chi connectivity index (χ3v) is 9.10. The van der Waals surface area contributed by atoms with E-state index in [1.807, 2.05) is 0 Å². The van der Waals surface area contributed by atoms with E-state index in [4.69, 9.17) is 9.47 Å². The summed E-state index contributed by atoms with van der Waals surface area (Å²) in [5, 5.41) is 0. The number of anilines is 2. The summed E-state index contributed by atoms with van der Waals surface area (Å²) >= 11 is 0. The summed E-state index contributed by atoms with van der Waals surface area (Å²) in [6, 6.07) is 15.9. The van der Waals surface area contributed by atoms with Gasteiger partial charge in [-0.1, -0.05) is 0 Å². The Hall–Kier alpha value is -3.24. The zero-order valence-electron chi connectivity index (χ0n) is 19.1. The number of rotatable bonds is 7. The van der Waals surface area contributed by atoms with Gasteiger partial charge in [-0.15, -0.1) is 0 Å². The Morgan fingerprint density at radius 2 is 1.53 bits per heavy atom. The first-order valence-corrected chi connectivity index (χ1v) is 13.6. The minimum absolute atomic E-state index is 0.148. The Morgan fingerprint density at radius 1 is 0.853 bits per heavy atom. The fraction of sp³-hybridized carbons (Fsp3) is 0.250. The van der Waals surface area contributed by atoms with Gasteiger partial charge in [-0.2, -0.15) is 0 Å². The van der Waals surface area contributed by atoms with Gasteiger partial charge in [0.1, 0.15) is 11.5 Å². The van der Waals surface area contributed by atoms with Crippen LogP contribution < -0.4 is 18.5 Å². The standard InChI is InChI=1S/C24H26N2O6S2/c1-17-15-21(32-3)9-13-24(17)33(27,28)25-19-6-12-23-18(16-19)5-4-14-26(23)34(29,30)22-10-7-20(31-2)8-11-22/h6-13,15-16,25H,4-5,14H2,1-3H3. The zero-order chi connectivity index (χ0) is 24.5. The number of aryl methyl sites for hydroxylation is 2.